The molecule has 2 aromatic heterocycles. The fourth-order valence-electron chi connectivity index (χ4n) is 1.09. The largest absolute Gasteiger partial charge is 0.356 e. The first-order valence-corrected chi connectivity index (χ1v) is 4.15. The normalized spacial score (nSPS) is 10.1. The molecule has 2 heterocycles. The second kappa shape index (κ2) is 3.41. The highest BCUT2D eigenvalue weighted by Crippen LogP contribution is 2.18. The van der Waals surface area contributed by atoms with Crippen LogP contribution in [0.5, 0.6) is 0 Å². The second-order valence-electron chi connectivity index (χ2n) is 2.87. The number of ketones is 1. The minimum Gasteiger partial charge on any atom is -0.356 e. The van der Waals surface area contributed by atoms with Gasteiger partial charge in [0, 0.05) is 30.9 Å². The Morgan fingerprint density at radius 2 is 2.36 bits per heavy atom. The van der Waals surface area contributed by atoms with Crippen molar-refractivity contribution in [3.63, 3.8) is 0 Å². The molecule has 0 aliphatic rings. The fraction of sp³-hybridized carbons (Fsp3) is 0.100. The van der Waals surface area contributed by atoms with E-state index in [0.29, 0.717) is 11.5 Å². The number of aromatic nitrogens is 2. The maximum Gasteiger partial charge on any atom is 0.181 e. The molecule has 0 atom stereocenters. The van der Waals surface area contributed by atoms with Gasteiger partial charge in [-0.15, -0.1) is 0 Å². The van der Waals surface area contributed by atoms with Crippen LogP contribution >= 0.6 is 0 Å². The van der Waals surface area contributed by atoms with E-state index >= 15 is 0 Å². The van der Waals surface area contributed by atoms with Crippen LogP contribution in [0.2, 0.25) is 0 Å². The number of carbonyl (C=O) groups excluding carboxylic acids is 1. The first-order chi connectivity index (χ1) is 6.77. The summed E-state index contributed by atoms with van der Waals surface area (Å²) in [6.45, 7) is 1.45. The van der Waals surface area contributed by atoms with Crippen LogP contribution in [0, 0.1) is 0 Å². The third kappa shape index (κ3) is 1.54. The Bertz CT molecular complexity index is 448. The molecule has 0 aliphatic carbocycles. The highest BCUT2D eigenvalue weighted by atomic mass is 16.5. The molecule has 4 nitrogen and oxygen atoms in total. The summed E-state index contributed by atoms with van der Waals surface area (Å²) in [5, 5.41) is 3.64. The maximum atomic E-state index is 11.0. The minimum absolute atomic E-state index is 0.108. The third-order valence-corrected chi connectivity index (χ3v) is 1.82. The lowest BCUT2D eigenvalue weighted by Gasteiger charge is -1.90. The Labute approximate surface area is 80.6 Å². The Kier molecular flexibility index (Phi) is 2.10. The molecule has 0 fully saturated rings. The van der Waals surface area contributed by atoms with Gasteiger partial charge in [-0.3, -0.25) is 9.78 Å². The molecule has 0 unspecified atom stereocenters. The zero-order chi connectivity index (χ0) is 9.97. The van der Waals surface area contributed by atoms with Crippen molar-refractivity contribution in [1.82, 2.24) is 10.1 Å². The van der Waals surface area contributed by atoms with E-state index in [2.05, 4.69) is 10.1 Å². The van der Waals surface area contributed by atoms with E-state index in [9.17, 15) is 4.79 Å². The van der Waals surface area contributed by atoms with Crippen LogP contribution in [-0.4, -0.2) is 15.9 Å². The Morgan fingerprint density at radius 1 is 1.50 bits per heavy atom. The van der Waals surface area contributed by atoms with Crippen molar-refractivity contribution < 1.29 is 9.32 Å². The molecule has 4 heteroatoms. The minimum atomic E-state index is -0.108. The number of hydrogen-bond donors (Lipinski definition) is 0. The summed E-state index contributed by atoms with van der Waals surface area (Å²) in [6.07, 6.45) is 3.33. The van der Waals surface area contributed by atoms with Crippen molar-refractivity contribution >= 4 is 5.78 Å². The van der Waals surface area contributed by atoms with Crippen LogP contribution in [0.1, 0.15) is 17.4 Å². The quantitative estimate of drug-likeness (QED) is 0.676. The first kappa shape index (κ1) is 8.62. The van der Waals surface area contributed by atoms with Crippen LogP contribution in [0.25, 0.3) is 11.3 Å². The zero-order valence-corrected chi connectivity index (χ0v) is 7.60. The van der Waals surface area contributed by atoms with Gasteiger partial charge in [-0.05, 0) is 12.1 Å². The Morgan fingerprint density at radius 3 is 2.93 bits per heavy atom. The second-order valence-corrected chi connectivity index (χ2v) is 2.87. The van der Waals surface area contributed by atoms with Gasteiger partial charge in [-0.1, -0.05) is 5.16 Å². The monoisotopic (exact) mass is 188 g/mol. The summed E-state index contributed by atoms with van der Waals surface area (Å²) < 4.78 is 5.00. The van der Waals surface area contributed by atoms with E-state index in [4.69, 9.17) is 4.52 Å². The lowest BCUT2D eigenvalue weighted by atomic mass is 10.2. The maximum absolute atomic E-state index is 11.0. The lowest BCUT2D eigenvalue weighted by Crippen LogP contribution is -1.89. The highest BCUT2D eigenvalue weighted by Gasteiger charge is 2.09. The third-order valence-electron chi connectivity index (χ3n) is 1.82. The van der Waals surface area contributed by atoms with E-state index in [0.717, 1.165) is 5.56 Å². The lowest BCUT2D eigenvalue weighted by molar-refractivity contribution is 0.100. The summed E-state index contributed by atoms with van der Waals surface area (Å²) in [5.41, 5.74) is 1.15. The molecule has 0 radical (unpaired) electrons. The number of nitrogens with zero attached hydrogens (tertiary/aromatic N) is 2. The van der Waals surface area contributed by atoms with Crippen LogP contribution < -0.4 is 0 Å². The zero-order valence-electron chi connectivity index (χ0n) is 7.60. The molecule has 0 saturated carbocycles. The van der Waals surface area contributed by atoms with Crippen molar-refractivity contribution in [3.8, 4) is 11.3 Å². The molecule has 0 N–H and O–H groups in total. The number of rotatable bonds is 2. The Hall–Kier alpha value is -1.97. The highest BCUT2D eigenvalue weighted by molar-refractivity contribution is 5.92. The smallest absolute Gasteiger partial charge is 0.181 e. The van der Waals surface area contributed by atoms with E-state index < -0.39 is 0 Å². The van der Waals surface area contributed by atoms with Crippen LogP contribution in [0.3, 0.4) is 0 Å². The molecule has 14 heavy (non-hydrogen) atoms. The van der Waals surface area contributed by atoms with Gasteiger partial charge in [0.1, 0.15) is 5.69 Å². The average molecular weight is 188 g/mol. The number of pyridine rings is 1. The number of carbonyl (C=O) groups is 1. The summed E-state index contributed by atoms with van der Waals surface area (Å²) in [4.78, 5) is 14.9. The fourth-order valence-corrected chi connectivity index (χ4v) is 1.09. The summed E-state index contributed by atoms with van der Waals surface area (Å²) >= 11 is 0. The van der Waals surface area contributed by atoms with Gasteiger partial charge in [0.25, 0.3) is 0 Å². The summed E-state index contributed by atoms with van der Waals surface area (Å²) in [7, 11) is 0. The molecule has 70 valence electrons. The van der Waals surface area contributed by atoms with Crippen LogP contribution in [-0.2, 0) is 0 Å². The molecule has 0 amide bonds. The van der Waals surface area contributed by atoms with Crippen LogP contribution in [0.15, 0.2) is 35.1 Å². The molecule has 0 saturated heterocycles. The van der Waals surface area contributed by atoms with E-state index in [1.807, 2.05) is 6.07 Å². The topological polar surface area (TPSA) is 56.0 Å². The van der Waals surface area contributed by atoms with Crippen molar-refractivity contribution in [3.05, 3.63) is 36.3 Å². The van der Waals surface area contributed by atoms with Crippen molar-refractivity contribution in [1.29, 1.82) is 0 Å². The standard InChI is InChI=1S/C10H8N2O2/c1-7(13)9-5-10(14-12-9)8-3-2-4-11-6-8/h2-6H,1H3. The van der Waals surface area contributed by atoms with Crippen LogP contribution in [0.4, 0.5) is 0 Å². The molecular weight excluding hydrogens is 180 g/mol. The van der Waals surface area contributed by atoms with Crippen molar-refractivity contribution in [2.45, 2.75) is 6.92 Å². The van der Waals surface area contributed by atoms with Gasteiger partial charge < -0.3 is 4.52 Å². The molecule has 2 rings (SSSR count). The predicted octanol–water partition coefficient (Wildman–Crippen LogP) is 1.94. The SMILES string of the molecule is CC(=O)c1cc(-c2cccnc2)on1. The van der Waals surface area contributed by atoms with Gasteiger partial charge in [-0.2, -0.15) is 0 Å². The van der Waals surface area contributed by atoms with E-state index in [1.54, 1.807) is 24.5 Å². The van der Waals surface area contributed by atoms with Gasteiger partial charge >= 0.3 is 0 Å². The molecular formula is C10H8N2O2. The first-order valence-electron chi connectivity index (χ1n) is 4.15. The van der Waals surface area contributed by atoms with E-state index in [-0.39, 0.29) is 5.78 Å². The summed E-state index contributed by atoms with van der Waals surface area (Å²) in [6, 6.07) is 5.25. The van der Waals surface area contributed by atoms with Crippen molar-refractivity contribution in [2.75, 3.05) is 0 Å². The molecule has 0 aliphatic heterocycles. The van der Waals surface area contributed by atoms with Crippen molar-refractivity contribution in [2.24, 2.45) is 0 Å². The molecule has 2 aromatic rings. The number of hydrogen-bond acceptors (Lipinski definition) is 4. The molecule has 0 aromatic carbocycles. The summed E-state index contributed by atoms with van der Waals surface area (Å²) in [5.74, 6) is 0.451. The van der Waals surface area contributed by atoms with Gasteiger partial charge in [-0.25, -0.2) is 0 Å². The average Bonchev–Trinajstić information content (AvgIpc) is 2.68. The van der Waals surface area contributed by atoms with E-state index in [1.165, 1.54) is 6.92 Å². The number of Topliss-reactive ketones (excluding diaryl/α,β-unsaturated/α-hetero) is 1. The molecule has 0 bridgehead atoms. The van der Waals surface area contributed by atoms with Gasteiger partial charge in [0.05, 0.1) is 0 Å². The predicted molar refractivity (Wildman–Crippen MR) is 49.7 cm³/mol. The Balaban J connectivity index is 2.39. The van der Waals surface area contributed by atoms with Gasteiger partial charge in [0.15, 0.2) is 11.5 Å². The molecule has 0 spiro atoms. The van der Waals surface area contributed by atoms with Gasteiger partial charge in [0.2, 0.25) is 0 Å².